The summed E-state index contributed by atoms with van der Waals surface area (Å²) in [6.45, 7) is 13.7. The lowest BCUT2D eigenvalue weighted by Gasteiger charge is -2.36. The SMILES string of the molecule is Cc1cc(C)c2c(ccc3cc4ccccc4cc32)c1N(C(C)C)C(C)C. The summed E-state index contributed by atoms with van der Waals surface area (Å²) < 4.78 is 0. The summed E-state index contributed by atoms with van der Waals surface area (Å²) in [6, 6.07) is 21.3. The lowest BCUT2D eigenvalue weighted by molar-refractivity contribution is 0.608. The summed E-state index contributed by atoms with van der Waals surface area (Å²) in [4.78, 5) is 2.56. The zero-order valence-corrected chi connectivity index (χ0v) is 17.3. The number of hydrogen-bond acceptors (Lipinski definition) is 1. The average Bonchev–Trinajstić information content (AvgIpc) is 2.61. The fourth-order valence-electron chi connectivity index (χ4n) is 4.77. The van der Waals surface area contributed by atoms with Crippen molar-refractivity contribution in [2.45, 2.75) is 53.6 Å². The molecule has 0 heterocycles. The topological polar surface area (TPSA) is 3.24 Å². The van der Waals surface area contributed by atoms with Crippen molar-refractivity contribution in [2.24, 2.45) is 0 Å². The van der Waals surface area contributed by atoms with Crippen LogP contribution >= 0.6 is 0 Å². The molecule has 27 heavy (non-hydrogen) atoms. The zero-order chi connectivity index (χ0) is 19.3. The number of fused-ring (bicyclic) bond motifs is 4. The van der Waals surface area contributed by atoms with Crippen LogP contribution in [0, 0.1) is 13.8 Å². The van der Waals surface area contributed by atoms with E-state index in [2.05, 4.69) is 101 Å². The van der Waals surface area contributed by atoms with Gasteiger partial charge in [0.05, 0.1) is 0 Å². The molecule has 0 aliphatic carbocycles. The molecule has 138 valence electrons. The molecule has 0 spiro atoms. The van der Waals surface area contributed by atoms with E-state index in [1.165, 1.54) is 49.1 Å². The van der Waals surface area contributed by atoms with E-state index < -0.39 is 0 Å². The highest BCUT2D eigenvalue weighted by atomic mass is 15.2. The third-order valence-corrected chi connectivity index (χ3v) is 5.71. The molecule has 0 bridgehead atoms. The number of aryl methyl sites for hydroxylation is 2. The third kappa shape index (κ3) is 2.86. The van der Waals surface area contributed by atoms with Crippen LogP contribution in [0.5, 0.6) is 0 Å². The molecule has 0 aromatic heterocycles. The molecular formula is C26H29N. The van der Waals surface area contributed by atoms with E-state index in [9.17, 15) is 0 Å². The molecule has 0 aliphatic heterocycles. The monoisotopic (exact) mass is 355 g/mol. The highest BCUT2D eigenvalue weighted by molar-refractivity contribution is 6.16. The fourth-order valence-corrected chi connectivity index (χ4v) is 4.77. The van der Waals surface area contributed by atoms with Crippen molar-refractivity contribution in [1.29, 1.82) is 0 Å². The molecular weight excluding hydrogens is 326 g/mol. The maximum Gasteiger partial charge on any atom is 0.0480 e. The van der Waals surface area contributed by atoms with Crippen molar-refractivity contribution in [3.8, 4) is 0 Å². The van der Waals surface area contributed by atoms with Gasteiger partial charge in [-0.2, -0.15) is 0 Å². The molecule has 4 aromatic rings. The summed E-state index contributed by atoms with van der Waals surface area (Å²) in [5.41, 5.74) is 4.11. The smallest absolute Gasteiger partial charge is 0.0480 e. The molecule has 0 saturated carbocycles. The minimum absolute atomic E-state index is 0.460. The normalized spacial score (nSPS) is 12.0. The highest BCUT2D eigenvalue weighted by Crippen LogP contribution is 2.39. The maximum absolute atomic E-state index is 2.56. The molecule has 1 heteroatoms. The van der Waals surface area contributed by atoms with Gasteiger partial charge in [0.2, 0.25) is 0 Å². The number of rotatable bonds is 3. The number of hydrogen-bond donors (Lipinski definition) is 0. The van der Waals surface area contributed by atoms with Crippen LogP contribution in [0.3, 0.4) is 0 Å². The average molecular weight is 356 g/mol. The first kappa shape index (κ1) is 17.9. The van der Waals surface area contributed by atoms with Crippen molar-refractivity contribution < 1.29 is 0 Å². The van der Waals surface area contributed by atoms with Crippen LogP contribution in [-0.4, -0.2) is 12.1 Å². The third-order valence-electron chi connectivity index (χ3n) is 5.71. The second-order valence-electron chi connectivity index (χ2n) is 8.36. The molecule has 4 aromatic carbocycles. The van der Waals surface area contributed by atoms with E-state index in [0.717, 1.165) is 0 Å². The molecule has 0 amide bonds. The summed E-state index contributed by atoms with van der Waals surface area (Å²) in [7, 11) is 0. The fraction of sp³-hybridized carbons (Fsp3) is 0.308. The Morgan fingerprint density at radius 2 is 1.26 bits per heavy atom. The molecule has 1 nitrogen and oxygen atoms in total. The van der Waals surface area contributed by atoms with Gasteiger partial charge in [-0.3, -0.25) is 0 Å². The predicted octanol–water partition coefficient (Wildman–Crippen LogP) is 7.39. The van der Waals surface area contributed by atoms with Crippen LogP contribution in [0.15, 0.2) is 54.6 Å². The van der Waals surface area contributed by atoms with Crippen molar-refractivity contribution in [1.82, 2.24) is 0 Å². The van der Waals surface area contributed by atoms with E-state index in [0.29, 0.717) is 12.1 Å². The van der Waals surface area contributed by atoms with E-state index in [-0.39, 0.29) is 0 Å². The van der Waals surface area contributed by atoms with E-state index in [4.69, 9.17) is 0 Å². The Labute approximate surface area is 162 Å². The first-order chi connectivity index (χ1) is 12.9. The van der Waals surface area contributed by atoms with Gasteiger partial charge in [0.1, 0.15) is 0 Å². The summed E-state index contributed by atoms with van der Waals surface area (Å²) in [5.74, 6) is 0. The first-order valence-corrected chi connectivity index (χ1v) is 10.0. The molecule has 0 unspecified atom stereocenters. The largest absolute Gasteiger partial charge is 0.366 e. The molecule has 0 atom stereocenters. The maximum atomic E-state index is 2.56. The van der Waals surface area contributed by atoms with Crippen LogP contribution in [0.4, 0.5) is 5.69 Å². The Balaban J connectivity index is 2.15. The lowest BCUT2D eigenvalue weighted by Crippen LogP contribution is -2.37. The standard InChI is InChI=1S/C26H29N/c1-16(2)27(17(3)4)26-19(6)13-18(5)25-23(26)12-11-22-14-20-9-7-8-10-21(20)15-24(22)25/h7-17H,1-6H3. The Hall–Kier alpha value is -2.54. The Bertz CT molecular complexity index is 1140. The summed E-state index contributed by atoms with van der Waals surface area (Å²) >= 11 is 0. The quantitative estimate of drug-likeness (QED) is 0.273. The molecule has 0 fully saturated rings. The first-order valence-electron chi connectivity index (χ1n) is 10.0. The second-order valence-corrected chi connectivity index (χ2v) is 8.36. The van der Waals surface area contributed by atoms with Gasteiger partial charge in [0.25, 0.3) is 0 Å². The highest BCUT2D eigenvalue weighted by Gasteiger charge is 2.20. The number of benzene rings is 4. The second kappa shape index (κ2) is 6.56. The minimum atomic E-state index is 0.460. The van der Waals surface area contributed by atoms with Gasteiger partial charge in [0.15, 0.2) is 0 Å². The van der Waals surface area contributed by atoms with Gasteiger partial charge in [-0.15, -0.1) is 0 Å². The van der Waals surface area contributed by atoms with Gasteiger partial charge in [-0.25, -0.2) is 0 Å². The van der Waals surface area contributed by atoms with Crippen LogP contribution in [-0.2, 0) is 0 Å². The summed E-state index contributed by atoms with van der Waals surface area (Å²) in [5, 5.41) is 8.06. The van der Waals surface area contributed by atoms with Gasteiger partial charge >= 0.3 is 0 Å². The van der Waals surface area contributed by atoms with Crippen molar-refractivity contribution in [3.63, 3.8) is 0 Å². The van der Waals surface area contributed by atoms with E-state index >= 15 is 0 Å². The van der Waals surface area contributed by atoms with Crippen molar-refractivity contribution >= 4 is 38.0 Å². The van der Waals surface area contributed by atoms with E-state index in [1.54, 1.807) is 0 Å². The Morgan fingerprint density at radius 3 is 1.89 bits per heavy atom. The van der Waals surface area contributed by atoms with Crippen LogP contribution < -0.4 is 4.90 Å². The molecule has 4 rings (SSSR count). The molecule has 0 saturated heterocycles. The van der Waals surface area contributed by atoms with Crippen LogP contribution in [0.2, 0.25) is 0 Å². The lowest BCUT2D eigenvalue weighted by atomic mass is 9.92. The van der Waals surface area contributed by atoms with Gasteiger partial charge < -0.3 is 4.90 Å². The summed E-state index contributed by atoms with van der Waals surface area (Å²) in [6.07, 6.45) is 0. The van der Waals surface area contributed by atoms with Crippen LogP contribution in [0.1, 0.15) is 38.8 Å². The van der Waals surface area contributed by atoms with Crippen molar-refractivity contribution in [2.75, 3.05) is 4.90 Å². The minimum Gasteiger partial charge on any atom is -0.366 e. The van der Waals surface area contributed by atoms with E-state index in [1.807, 2.05) is 0 Å². The Kier molecular flexibility index (Phi) is 4.34. The van der Waals surface area contributed by atoms with Gasteiger partial charge in [0, 0.05) is 23.2 Å². The molecule has 0 N–H and O–H groups in total. The van der Waals surface area contributed by atoms with Crippen LogP contribution in [0.25, 0.3) is 32.3 Å². The molecule has 0 aliphatic rings. The van der Waals surface area contributed by atoms with Crippen molar-refractivity contribution in [3.05, 3.63) is 65.7 Å². The van der Waals surface area contributed by atoms with Gasteiger partial charge in [-0.05, 0) is 91.7 Å². The molecule has 0 radical (unpaired) electrons. The number of nitrogens with zero attached hydrogens (tertiary/aromatic N) is 1. The predicted molar refractivity (Wildman–Crippen MR) is 121 cm³/mol. The van der Waals surface area contributed by atoms with Gasteiger partial charge in [-0.1, -0.05) is 42.5 Å². The Morgan fingerprint density at radius 1 is 0.630 bits per heavy atom. The zero-order valence-electron chi connectivity index (χ0n) is 17.3. The number of anilines is 1.